The topological polar surface area (TPSA) is 165 Å². The molecular weight excluding hydrogens is 324 g/mol. The van der Waals surface area contributed by atoms with Crippen LogP contribution in [0.25, 0.3) is 10.9 Å². The Bertz CT molecular complexity index is 952. The third kappa shape index (κ3) is 3.47. The maximum absolute atomic E-state index is 11.6. The third-order valence-electron chi connectivity index (χ3n) is 3.53. The van der Waals surface area contributed by atoms with Crippen molar-refractivity contribution in [2.45, 2.75) is 13.0 Å². The molecule has 1 unspecified atom stereocenters. The Hall–Kier alpha value is -3.69. The van der Waals surface area contributed by atoms with Crippen LogP contribution in [0.1, 0.15) is 17.3 Å². The number of primary amides is 2. The van der Waals surface area contributed by atoms with Crippen molar-refractivity contribution in [3.05, 3.63) is 36.2 Å². The van der Waals surface area contributed by atoms with E-state index in [0.29, 0.717) is 5.69 Å². The lowest BCUT2D eigenvalue weighted by atomic mass is 10.2. The van der Waals surface area contributed by atoms with Crippen molar-refractivity contribution in [2.24, 2.45) is 11.5 Å². The summed E-state index contributed by atoms with van der Waals surface area (Å²) in [7, 11) is 0. The molecule has 0 aliphatic rings. The fourth-order valence-corrected chi connectivity index (χ4v) is 2.15. The number of nitrogens with two attached hydrogens (primary N) is 2. The van der Waals surface area contributed by atoms with E-state index in [1.165, 1.54) is 6.20 Å². The van der Waals surface area contributed by atoms with E-state index in [4.69, 9.17) is 11.5 Å². The molecule has 0 spiro atoms. The van der Waals surface area contributed by atoms with Crippen molar-refractivity contribution in [1.82, 2.24) is 20.2 Å². The molecule has 0 saturated carbocycles. The molecule has 3 aromatic rings. The van der Waals surface area contributed by atoms with E-state index in [1.54, 1.807) is 19.2 Å². The van der Waals surface area contributed by atoms with Crippen LogP contribution in [0.4, 0.5) is 17.5 Å². The fourth-order valence-electron chi connectivity index (χ4n) is 2.15. The molecule has 10 heteroatoms. The van der Waals surface area contributed by atoms with Gasteiger partial charge < -0.3 is 22.1 Å². The molecule has 1 atom stereocenters. The van der Waals surface area contributed by atoms with Gasteiger partial charge in [0.2, 0.25) is 11.9 Å². The minimum Gasteiger partial charge on any atom is -0.368 e. The summed E-state index contributed by atoms with van der Waals surface area (Å²) in [6.45, 7) is 1.58. The van der Waals surface area contributed by atoms with Crippen LogP contribution in [0, 0.1) is 0 Å². The van der Waals surface area contributed by atoms with Gasteiger partial charge in [-0.05, 0) is 25.1 Å². The Morgan fingerprint density at radius 2 is 2.04 bits per heavy atom. The highest BCUT2D eigenvalue weighted by atomic mass is 16.1. The number of carbonyl (C=O) groups excluding carboxylic acids is 2. The van der Waals surface area contributed by atoms with Crippen LogP contribution in [0.3, 0.4) is 0 Å². The number of aromatic amines is 1. The Morgan fingerprint density at radius 1 is 1.24 bits per heavy atom. The molecule has 0 bridgehead atoms. The first-order valence-electron chi connectivity index (χ1n) is 7.37. The van der Waals surface area contributed by atoms with E-state index in [9.17, 15) is 9.59 Å². The van der Waals surface area contributed by atoms with Crippen molar-refractivity contribution in [3.8, 4) is 0 Å². The quantitative estimate of drug-likeness (QED) is 0.435. The van der Waals surface area contributed by atoms with Gasteiger partial charge >= 0.3 is 0 Å². The number of hydrogen-bond acceptors (Lipinski definition) is 7. The lowest BCUT2D eigenvalue weighted by Gasteiger charge is -2.13. The number of rotatable bonds is 6. The number of H-pyrrole nitrogens is 1. The van der Waals surface area contributed by atoms with Gasteiger partial charge in [-0.25, -0.2) is 4.98 Å². The van der Waals surface area contributed by atoms with Gasteiger partial charge in [0.15, 0.2) is 0 Å². The van der Waals surface area contributed by atoms with Crippen LogP contribution in [0.15, 0.2) is 30.6 Å². The lowest BCUT2D eigenvalue weighted by molar-refractivity contribution is -0.118. The number of nitrogens with zero attached hydrogens (tertiary/aromatic N) is 3. The Labute approximate surface area is 142 Å². The van der Waals surface area contributed by atoms with Crippen LogP contribution < -0.4 is 22.1 Å². The maximum atomic E-state index is 11.6. The van der Waals surface area contributed by atoms with Gasteiger partial charge in [-0.2, -0.15) is 10.1 Å². The largest absolute Gasteiger partial charge is 0.368 e. The molecule has 0 saturated heterocycles. The number of amides is 2. The summed E-state index contributed by atoms with van der Waals surface area (Å²) < 4.78 is 0. The van der Waals surface area contributed by atoms with E-state index >= 15 is 0 Å². The maximum Gasteiger partial charge on any atom is 0.254 e. The molecule has 10 nitrogen and oxygen atoms in total. The van der Waals surface area contributed by atoms with Crippen LogP contribution in [-0.2, 0) is 4.79 Å². The Morgan fingerprint density at radius 3 is 2.76 bits per heavy atom. The highest BCUT2D eigenvalue weighted by Gasteiger charge is 2.15. The molecule has 0 aliphatic heterocycles. The number of carbonyl (C=O) groups is 2. The van der Waals surface area contributed by atoms with Gasteiger partial charge in [-0.3, -0.25) is 14.7 Å². The summed E-state index contributed by atoms with van der Waals surface area (Å²) in [6, 6.07) is 4.80. The van der Waals surface area contributed by atoms with Gasteiger partial charge in [0, 0.05) is 17.3 Å². The molecule has 0 radical (unpaired) electrons. The van der Waals surface area contributed by atoms with E-state index in [0.717, 1.165) is 10.9 Å². The average molecular weight is 340 g/mol. The number of nitrogens with one attached hydrogen (secondary N) is 3. The molecule has 7 N–H and O–H groups in total. The van der Waals surface area contributed by atoms with Crippen LogP contribution in [0.5, 0.6) is 0 Å². The summed E-state index contributed by atoms with van der Waals surface area (Å²) in [5.41, 5.74) is 12.3. The normalized spacial score (nSPS) is 11.9. The smallest absolute Gasteiger partial charge is 0.254 e. The van der Waals surface area contributed by atoms with Crippen molar-refractivity contribution >= 4 is 40.2 Å². The minimum absolute atomic E-state index is 0.115. The molecule has 3 rings (SSSR count). The number of anilines is 3. The first-order valence-corrected chi connectivity index (χ1v) is 7.37. The van der Waals surface area contributed by atoms with Gasteiger partial charge in [0.05, 0.1) is 11.7 Å². The van der Waals surface area contributed by atoms with E-state index in [1.807, 2.05) is 12.1 Å². The molecule has 2 heterocycles. The molecule has 2 amide bonds. The highest BCUT2D eigenvalue weighted by Crippen LogP contribution is 2.23. The summed E-state index contributed by atoms with van der Waals surface area (Å²) in [4.78, 5) is 31.0. The van der Waals surface area contributed by atoms with E-state index < -0.39 is 17.9 Å². The Kier molecular flexibility index (Phi) is 4.16. The van der Waals surface area contributed by atoms with E-state index in [-0.39, 0.29) is 17.3 Å². The molecular formula is C15H16N8O2. The first kappa shape index (κ1) is 16.2. The van der Waals surface area contributed by atoms with Gasteiger partial charge in [0.1, 0.15) is 17.4 Å². The van der Waals surface area contributed by atoms with Crippen molar-refractivity contribution < 1.29 is 9.59 Å². The molecule has 2 aromatic heterocycles. The average Bonchev–Trinajstić information content (AvgIpc) is 3.02. The molecule has 128 valence electrons. The fraction of sp³-hybridized carbons (Fsp3) is 0.133. The zero-order chi connectivity index (χ0) is 18.0. The van der Waals surface area contributed by atoms with Crippen LogP contribution in [0.2, 0.25) is 0 Å². The number of benzene rings is 1. The van der Waals surface area contributed by atoms with Crippen molar-refractivity contribution in [1.29, 1.82) is 0 Å². The van der Waals surface area contributed by atoms with E-state index in [2.05, 4.69) is 30.8 Å². The molecule has 0 fully saturated rings. The van der Waals surface area contributed by atoms with Crippen LogP contribution >= 0.6 is 0 Å². The van der Waals surface area contributed by atoms with Crippen molar-refractivity contribution in [2.75, 3.05) is 10.6 Å². The van der Waals surface area contributed by atoms with Gasteiger partial charge in [-0.1, -0.05) is 0 Å². The predicted molar refractivity (Wildman–Crippen MR) is 92.2 cm³/mol. The minimum atomic E-state index is -0.679. The SMILES string of the molecule is CC(Nc1ncc(C(N)=O)c(Nc2ccc3[nH]ncc3c2)n1)C(N)=O. The summed E-state index contributed by atoms with van der Waals surface area (Å²) in [6.07, 6.45) is 2.96. The summed E-state index contributed by atoms with van der Waals surface area (Å²) in [5, 5.41) is 13.5. The van der Waals surface area contributed by atoms with Crippen LogP contribution in [-0.4, -0.2) is 38.0 Å². The van der Waals surface area contributed by atoms with Gasteiger partial charge in [0.25, 0.3) is 5.91 Å². The Balaban J connectivity index is 1.93. The summed E-state index contributed by atoms with van der Waals surface area (Å²) >= 11 is 0. The number of fused-ring (bicyclic) bond motifs is 1. The number of hydrogen-bond donors (Lipinski definition) is 5. The first-order chi connectivity index (χ1) is 11.9. The lowest BCUT2D eigenvalue weighted by Crippen LogP contribution is -2.33. The second-order valence-corrected chi connectivity index (χ2v) is 5.39. The standard InChI is InChI=1S/C15H16N8O2/c1-7(12(16)24)20-15-18-6-10(13(17)25)14(22-15)21-9-2-3-11-8(4-9)5-19-23-11/h2-7H,1H3,(H2,16,24)(H2,17,25)(H,19,23)(H2,18,20,21,22). The second-order valence-electron chi connectivity index (χ2n) is 5.39. The second kappa shape index (κ2) is 6.43. The monoisotopic (exact) mass is 340 g/mol. The zero-order valence-electron chi connectivity index (χ0n) is 13.3. The molecule has 1 aromatic carbocycles. The van der Waals surface area contributed by atoms with Crippen molar-refractivity contribution in [3.63, 3.8) is 0 Å². The number of aromatic nitrogens is 4. The third-order valence-corrected chi connectivity index (χ3v) is 3.53. The highest BCUT2D eigenvalue weighted by molar-refractivity contribution is 5.98. The summed E-state index contributed by atoms with van der Waals surface area (Å²) in [5.74, 6) is -0.878. The predicted octanol–water partition coefficient (Wildman–Crippen LogP) is 0.481. The molecule has 0 aliphatic carbocycles. The van der Waals surface area contributed by atoms with Gasteiger partial charge in [-0.15, -0.1) is 0 Å². The zero-order valence-corrected chi connectivity index (χ0v) is 13.3. The molecule has 25 heavy (non-hydrogen) atoms.